The molecule has 0 saturated carbocycles. The van der Waals surface area contributed by atoms with Crippen LogP contribution in [0.25, 0.3) is 11.0 Å². The van der Waals surface area contributed by atoms with Crippen molar-refractivity contribution in [1.29, 1.82) is 0 Å². The van der Waals surface area contributed by atoms with Gasteiger partial charge in [-0.15, -0.1) is 0 Å². The normalized spacial score (nSPS) is 12.2. The van der Waals surface area contributed by atoms with Crippen LogP contribution in [0, 0.1) is 34.6 Å². The fourth-order valence-corrected chi connectivity index (χ4v) is 3.78. The topological polar surface area (TPSA) is 86.7 Å². The molecule has 1 N–H and O–H groups in total. The standard InChI is InChI=1S/C26H28N2O5/c1-15-8-16(2)10-22(9-15)33-25-14-32-24-11-21(6-7-23(24)26(25)30)31-13-20(29)12-28-19(5)17(3)18(4)27-28/h6-11,14,20,29H,12-13H2,1-5H3. The van der Waals surface area contributed by atoms with Crippen molar-refractivity contribution in [3.05, 3.63) is 81.0 Å². The van der Waals surface area contributed by atoms with Crippen molar-refractivity contribution in [3.8, 4) is 17.2 Å². The summed E-state index contributed by atoms with van der Waals surface area (Å²) in [4.78, 5) is 12.9. The van der Waals surface area contributed by atoms with Gasteiger partial charge in [0.25, 0.3) is 0 Å². The van der Waals surface area contributed by atoms with Crippen molar-refractivity contribution >= 4 is 11.0 Å². The molecule has 0 amide bonds. The number of ether oxygens (including phenoxy) is 2. The molecule has 0 aliphatic carbocycles. The van der Waals surface area contributed by atoms with Crippen LogP contribution in [0.2, 0.25) is 0 Å². The first-order valence-electron chi connectivity index (χ1n) is 10.8. The van der Waals surface area contributed by atoms with E-state index in [4.69, 9.17) is 13.9 Å². The van der Waals surface area contributed by atoms with Gasteiger partial charge in [0.1, 0.15) is 36.1 Å². The first-order chi connectivity index (χ1) is 15.7. The molecule has 2 aromatic heterocycles. The monoisotopic (exact) mass is 448 g/mol. The number of hydrogen-bond acceptors (Lipinski definition) is 6. The van der Waals surface area contributed by atoms with Crippen LogP contribution in [-0.4, -0.2) is 27.6 Å². The molecule has 7 nitrogen and oxygen atoms in total. The molecule has 4 aromatic rings. The number of fused-ring (bicyclic) bond motifs is 1. The molecule has 2 aromatic carbocycles. The summed E-state index contributed by atoms with van der Waals surface area (Å²) < 4.78 is 19.0. The second-order valence-electron chi connectivity index (χ2n) is 8.46. The first kappa shape index (κ1) is 22.6. The summed E-state index contributed by atoms with van der Waals surface area (Å²) in [5.74, 6) is 1.21. The van der Waals surface area contributed by atoms with Crippen molar-refractivity contribution in [2.45, 2.75) is 47.3 Å². The maximum Gasteiger partial charge on any atom is 0.235 e. The summed E-state index contributed by atoms with van der Waals surface area (Å²) in [7, 11) is 0. The molecule has 4 rings (SSSR count). The highest BCUT2D eigenvalue weighted by Gasteiger charge is 2.14. The van der Waals surface area contributed by atoms with Crippen LogP contribution in [0.5, 0.6) is 17.2 Å². The summed E-state index contributed by atoms with van der Waals surface area (Å²) in [6.07, 6.45) is 0.574. The lowest BCUT2D eigenvalue weighted by molar-refractivity contribution is 0.0887. The van der Waals surface area contributed by atoms with E-state index in [0.717, 1.165) is 28.1 Å². The highest BCUT2D eigenvalue weighted by Crippen LogP contribution is 2.25. The van der Waals surface area contributed by atoms with Gasteiger partial charge in [0.05, 0.1) is 17.6 Å². The lowest BCUT2D eigenvalue weighted by atomic mass is 10.1. The molecule has 0 bridgehead atoms. The Labute approximate surface area is 192 Å². The van der Waals surface area contributed by atoms with Crippen LogP contribution in [0.15, 0.2) is 51.9 Å². The van der Waals surface area contributed by atoms with Crippen molar-refractivity contribution in [2.75, 3.05) is 6.61 Å². The predicted octanol–water partition coefficient (Wildman–Crippen LogP) is 4.76. The second kappa shape index (κ2) is 9.11. The van der Waals surface area contributed by atoms with Crippen LogP contribution in [0.1, 0.15) is 28.1 Å². The molecule has 33 heavy (non-hydrogen) atoms. The third kappa shape index (κ3) is 4.93. The Bertz CT molecular complexity index is 1350. The zero-order valence-corrected chi connectivity index (χ0v) is 19.5. The van der Waals surface area contributed by atoms with Gasteiger partial charge < -0.3 is 19.0 Å². The Hall–Kier alpha value is -3.58. The summed E-state index contributed by atoms with van der Waals surface area (Å²) in [5.41, 5.74) is 5.31. The van der Waals surface area contributed by atoms with E-state index in [1.54, 1.807) is 22.9 Å². The number of aromatic nitrogens is 2. The fourth-order valence-electron chi connectivity index (χ4n) is 3.78. The zero-order valence-electron chi connectivity index (χ0n) is 19.5. The Kier molecular flexibility index (Phi) is 6.24. The largest absolute Gasteiger partial charge is 0.491 e. The summed E-state index contributed by atoms with van der Waals surface area (Å²) in [6, 6.07) is 10.7. The molecular weight excluding hydrogens is 420 g/mol. The average Bonchev–Trinajstić information content (AvgIpc) is 3.00. The zero-order chi connectivity index (χ0) is 23.7. The van der Waals surface area contributed by atoms with Gasteiger partial charge in [-0.2, -0.15) is 5.10 Å². The van der Waals surface area contributed by atoms with E-state index in [-0.39, 0.29) is 17.8 Å². The number of hydrogen-bond donors (Lipinski definition) is 1. The molecule has 1 unspecified atom stereocenters. The third-order valence-corrected chi connectivity index (χ3v) is 5.71. The Morgan fingerprint density at radius 1 is 1.03 bits per heavy atom. The summed E-state index contributed by atoms with van der Waals surface area (Å²) >= 11 is 0. The number of benzene rings is 2. The predicted molar refractivity (Wildman–Crippen MR) is 126 cm³/mol. The molecule has 0 spiro atoms. The molecule has 2 heterocycles. The molecule has 7 heteroatoms. The van der Waals surface area contributed by atoms with Crippen LogP contribution >= 0.6 is 0 Å². The number of aliphatic hydroxyl groups is 1. The number of aryl methyl sites for hydroxylation is 3. The average molecular weight is 449 g/mol. The molecular formula is C26H28N2O5. The van der Waals surface area contributed by atoms with Gasteiger partial charge in [-0.1, -0.05) is 6.07 Å². The number of aliphatic hydroxyl groups excluding tert-OH is 1. The quantitative estimate of drug-likeness (QED) is 0.439. The smallest absolute Gasteiger partial charge is 0.235 e. The fraction of sp³-hybridized carbons (Fsp3) is 0.308. The van der Waals surface area contributed by atoms with Gasteiger partial charge in [0, 0.05) is 11.8 Å². The van der Waals surface area contributed by atoms with Gasteiger partial charge in [-0.3, -0.25) is 9.48 Å². The van der Waals surface area contributed by atoms with E-state index < -0.39 is 6.10 Å². The first-order valence-corrected chi connectivity index (χ1v) is 10.8. The lowest BCUT2D eigenvalue weighted by Crippen LogP contribution is -2.24. The highest BCUT2D eigenvalue weighted by atomic mass is 16.5. The number of nitrogens with zero attached hydrogens (tertiary/aromatic N) is 2. The highest BCUT2D eigenvalue weighted by molar-refractivity contribution is 5.79. The Morgan fingerprint density at radius 3 is 2.42 bits per heavy atom. The van der Waals surface area contributed by atoms with Crippen molar-refractivity contribution < 1.29 is 19.0 Å². The minimum atomic E-state index is -0.737. The summed E-state index contributed by atoms with van der Waals surface area (Å²) in [5, 5.41) is 15.2. The van der Waals surface area contributed by atoms with E-state index in [9.17, 15) is 9.90 Å². The maximum atomic E-state index is 12.9. The van der Waals surface area contributed by atoms with Gasteiger partial charge >= 0.3 is 0 Å². The van der Waals surface area contributed by atoms with E-state index in [2.05, 4.69) is 5.10 Å². The molecule has 172 valence electrons. The maximum absolute atomic E-state index is 12.9. The van der Waals surface area contributed by atoms with Crippen LogP contribution in [0.4, 0.5) is 0 Å². The number of rotatable bonds is 7. The molecule has 0 saturated heterocycles. The lowest BCUT2D eigenvalue weighted by Gasteiger charge is -2.14. The van der Waals surface area contributed by atoms with E-state index >= 15 is 0 Å². The van der Waals surface area contributed by atoms with Crippen LogP contribution < -0.4 is 14.9 Å². The van der Waals surface area contributed by atoms with Gasteiger partial charge in [0.2, 0.25) is 11.2 Å². The van der Waals surface area contributed by atoms with Gasteiger partial charge in [0.15, 0.2) is 0 Å². The van der Waals surface area contributed by atoms with Crippen molar-refractivity contribution in [1.82, 2.24) is 9.78 Å². The van der Waals surface area contributed by atoms with Gasteiger partial charge in [-0.25, -0.2) is 0 Å². The summed E-state index contributed by atoms with van der Waals surface area (Å²) in [6.45, 7) is 10.3. The van der Waals surface area contributed by atoms with Crippen molar-refractivity contribution in [3.63, 3.8) is 0 Å². The molecule has 1 atom stereocenters. The molecule has 0 aliphatic heterocycles. The third-order valence-electron chi connectivity index (χ3n) is 5.71. The second-order valence-corrected chi connectivity index (χ2v) is 8.46. The minimum absolute atomic E-state index is 0.0844. The van der Waals surface area contributed by atoms with Crippen LogP contribution in [0.3, 0.4) is 0 Å². The Balaban J connectivity index is 1.46. The molecule has 0 aliphatic rings. The SMILES string of the molecule is Cc1cc(C)cc(Oc2coc3cc(OCC(O)Cn4nc(C)c(C)c4C)ccc3c2=O)c1. The van der Waals surface area contributed by atoms with Gasteiger partial charge in [-0.05, 0) is 75.6 Å². The van der Waals surface area contributed by atoms with Crippen LogP contribution in [-0.2, 0) is 6.54 Å². The molecule has 0 radical (unpaired) electrons. The Morgan fingerprint density at radius 2 is 1.76 bits per heavy atom. The molecule has 0 fully saturated rings. The van der Waals surface area contributed by atoms with Crippen molar-refractivity contribution in [2.24, 2.45) is 0 Å². The van der Waals surface area contributed by atoms with E-state index in [0.29, 0.717) is 29.0 Å². The van der Waals surface area contributed by atoms with E-state index in [1.165, 1.54) is 6.26 Å². The van der Waals surface area contributed by atoms with E-state index in [1.807, 2.05) is 52.8 Å². The minimum Gasteiger partial charge on any atom is -0.491 e.